The number of esters is 1. The number of H-pyrrole nitrogens is 1. The van der Waals surface area contributed by atoms with Crippen LogP contribution < -0.4 is 5.69 Å². The number of ether oxygens (including phenoxy) is 1. The van der Waals surface area contributed by atoms with E-state index in [4.69, 9.17) is 4.74 Å². The molecule has 7 heteroatoms. The van der Waals surface area contributed by atoms with E-state index in [1.165, 1.54) is 49.6 Å². The SMILES string of the molecule is Cc1nc(C2CCCCC2)sc1C(=O)OCCc1cnc(=O)[nH]c1. The molecular formula is C17H21N3O3S. The second kappa shape index (κ2) is 7.70. The fourth-order valence-corrected chi connectivity index (χ4v) is 4.09. The molecule has 1 aliphatic carbocycles. The summed E-state index contributed by atoms with van der Waals surface area (Å²) in [5, 5.41) is 1.07. The summed E-state index contributed by atoms with van der Waals surface area (Å²) in [7, 11) is 0. The molecule has 24 heavy (non-hydrogen) atoms. The minimum Gasteiger partial charge on any atom is -0.461 e. The van der Waals surface area contributed by atoms with E-state index in [0.29, 0.717) is 17.2 Å². The van der Waals surface area contributed by atoms with Crippen molar-refractivity contribution in [1.82, 2.24) is 15.0 Å². The minimum atomic E-state index is -0.383. The Bertz CT molecular complexity index is 742. The van der Waals surface area contributed by atoms with Gasteiger partial charge in [-0.2, -0.15) is 0 Å². The van der Waals surface area contributed by atoms with Gasteiger partial charge < -0.3 is 9.72 Å². The first-order valence-corrected chi connectivity index (χ1v) is 9.13. The van der Waals surface area contributed by atoms with Gasteiger partial charge in [-0.3, -0.25) is 0 Å². The molecule has 2 aromatic heterocycles. The van der Waals surface area contributed by atoms with E-state index in [0.717, 1.165) is 16.3 Å². The molecule has 1 fully saturated rings. The lowest BCUT2D eigenvalue weighted by Gasteiger charge is -2.18. The fourth-order valence-electron chi connectivity index (χ4n) is 2.97. The molecule has 6 nitrogen and oxygen atoms in total. The third kappa shape index (κ3) is 4.08. The molecule has 0 unspecified atom stereocenters. The Labute approximate surface area is 144 Å². The monoisotopic (exact) mass is 347 g/mol. The predicted octanol–water partition coefficient (Wildman–Crippen LogP) is 2.98. The van der Waals surface area contributed by atoms with Crippen LogP contribution in [0.5, 0.6) is 0 Å². The zero-order valence-corrected chi connectivity index (χ0v) is 14.5. The Morgan fingerprint density at radius 1 is 1.38 bits per heavy atom. The first kappa shape index (κ1) is 16.8. The molecule has 3 rings (SSSR count). The van der Waals surface area contributed by atoms with Crippen LogP contribution in [0.25, 0.3) is 0 Å². The molecule has 2 aromatic rings. The number of hydrogen-bond donors (Lipinski definition) is 1. The van der Waals surface area contributed by atoms with Gasteiger partial charge in [-0.15, -0.1) is 11.3 Å². The van der Waals surface area contributed by atoms with Gasteiger partial charge >= 0.3 is 11.7 Å². The zero-order valence-electron chi connectivity index (χ0n) is 13.7. The number of thiazole rings is 1. The average molecular weight is 347 g/mol. The van der Waals surface area contributed by atoms with E-state index in [-0.39, 0.29) is 18.3 Å². The molecule has 1 N–H and O–H groups in total. The van der Waals surface area contributed by atoms with E-state index in [1.54, 1.807) is 6.20 Å². The van der Waals surface area contributed by atoms with Crippen molar-refractivity contribution in [2.45, 2.75) is 51.4 Å². The number of nitrogens with zero attached hydrogens (tertiary/aromatic N) is 2. The quantitative estimate of drug-likeness (QED) is 0.841. The van der Waals surface area contributed by atoms with Gasteiger partial charge in [0.2, 0.25) is 0 Å². The highest BCUT2D eigenvalue weighted by Crippen LogP contribution is 2.35. The van der Waals surface area contributed by atoms with Gasteiger partial charge in [0.05, 0.1) is 17.3 Å². The van der Waals surface area contributed by atoms with Gasteiger partial charge in [0.15, 0.2) is 0 Å². The van der Waals surface area contributed by atoms with Crippen LogP contribution in [0.15, 0.2) is 17.2 Å². The Kier molecular flexibility index (Phi) is 5.40. The Hall–Kier alpha value is -2.02. The zero-order chi connectivity index (χ0) is 16.9. The maximum absolute atomic E-state index is 12.3. The van der Waals surface area contributed by atoms with E-state index in [2.05, 4.69) is 15.0 Å². The highest BCUT2D eigenvalue weighted by Gasteiger charge is 2.23. The maximum Gasteiger partial charge on any atom is 0.350 e. The first-order valence-electron chi connectivity index (χ1n) is 8.31. The maximum atomic E-state index is 12.3. The van der Waals surface area contributed by atoms with Gasteiger partial charge in [-0.25, -0.2) is 19.6 Å². The highest BCUT2D eigenvalue weighted by atomic mass is 32.1. The number of hydrogen-bond acceptors (Lipinski definition) is 6. The van der Waals surface area contributed by atoms with Crippen molar-refractivity contribution in [3.05, 3.63) is 44.0 Å². The van der Waals surface area contributed by atoms with Gasteiger partial charge in [0.1, 0.15) is 4.88 Å². The molecule has 1 aliphatic rings. The van der Waals surface area contributed by atoms with Crippen molar-refractivity contribution < 1.29 is 9.53 Å². The molecule has 0 aliphatic heterocycles. The number of carbonyl (C=O) groups excluding carboxylic acids is 1. The number of nitrogens with one attached hydrogen (secondary N) is 1. The van der Waals surface area contributed by atoms with Crippen LogP contribution in [0.3, 0.4) is 0 Å². The van der Waals surface area contributed by atoms with E-state index in [1.807, 2.05) is 6.92 Å². The smallest absolute Gasteiger partial charge is 0.350 e. The van der Waals surface area contributed by atoms with Crippen LogP contribution in [-0.2, 0) is 11.2 Å². The van der Waals surface area contributed by atoms with Gasteiger partial charge in [-0.1, -0.05) is 19.3 Å². The molecule has 0 amide bonds. The summed E-state index contributed by atoms with van der Waals surface area (Å²) in [6.07, 6.45) is 9.72. The highest BCUT2D eigenvalue weighted by molar-refractivity contribution is 7.13. The molecular weight excluding hydrogens is 326 g/mol. The number of aryl methyl sites for hydroxylation is 1. The van der Waals surface area contributed by atoms with Crippen molar-refractivity contribution in [3.63, 3.8) is 0 Å². The summed E-state index contributed by atoms with van der Waals surface area (Å²) in [5.74, 6) is 0.181. The molecule has 2 heterocycles. The molecule has 128 valence electrons. The predicted molar refractivity (Wildman–Crippen MR) is 91.5 cm³/mol. The second-order valence-electron chi connectivity index (χ2n) is 6.11. The molecule has 0 radical (unpaired) electrons. The number of aromatic amines is 1. The standard InChI is InChI=1S/C17H21N3O3S/c1-11-14(24-15(20-11)13-5-3-2-4-6-13)16(21)23-8-7-12-9-18-17(22)19-10-12/h9-10,13H,2-8H2,1H3,(H,18,19,22). The largest absolute Gasteiger partial charge is 0.461 e. The lowest BCUT2D eigenvalue weighted by Crippen LogP contribution is -2.12. The van der Waals surface area contributed by atoms with Gasteiger partial charge in [0, 0.05) is 24.7 Å². The van der Waals surface area contributed by atoms with Crippen LogP contribution in [0.1, 0.15) is 64.0 Å². The summed E-state index contributed by atoms with van der Waals surface area (Å²) in [6, 6.07) is 0. The van der Waals surface area contributed by atoms with Crippen molar-refractivity contribution >= 4 is 17.3 Å². The summed E-state index contributed by atoms with van der Waals surface area (Å²) in [5.41, 5.74) is 1.20. The lowest BCUT2D eigenvalue weighted by molar-refractivity contribution is 0.0514. The molecule has 0 aromatic carbocycles. The van der Waals surface area contributed by atoms with Gasteiger partial charge in [0.25, 0.3) is 0 Å². The lowest BCUT2D eigenvalue weighted by atomic mass is 9.90. The average Bonchev–Trinajstić information content (AvgIpc) is 2.99. The van der Waals surface area contributed by atoms with E-state index in [9.17, 15) is 9.59 Å². The molecule has 0 bridgehead atoms. The summed E-state index contributed by atoms with van der Waals surface area (Å²) in [4.78, 5) is 34.5. The third-order valence-electron chi connectivity index (χ3n) is 4.31. The fraction of sp³-hybridized carbons (Fsp3) is 0.529. The molecule has 0 spiro atoms. The van der Waals surface area contributed by atoms with E-state index < -0.39 is 0 Å². The van der Waals surface area contributed by atoms with Crippen molar-refractivity contribution in [2.75, 3.05) is 6.61 Å². The second-order valence-corrected chi connectivity index (χ2v) is 7.15. The minimum absolute atomic E-state index is 0.253. The first-order chi connectivity index (χ1) is 11.6. The topological polar surface area (TPSA) is 84.9 Å². The van der Waals surface area contributed by atoms with Crippen LogP contribution in [0.4, 0.5) is 0 Å². The Morgan fingerprint density at radius 2 is 2.17 bits per heavy atom. The van der Waals surface area contributed by atoms with Crippen molar-refractivity contribution in [1.29, 1.82) is 0 Å². The molecule has 0 atom stereocenters. The number of carbonyl (C=O) groups is 1. The third-order valence-corrected chi connectivity index (χ3v) is 5.61. The summed E-state index contributed by atoms with van der Waals surface area (Å²) in [6.45, 7) is 2.12. The Morgan fingerprint density at radius 3 is 2.88 bits per heavy atom. The van der Waals surface area contributed by atoms with Crippen molar-refractivity contribution in [3.8, 4) is 0 Å². The molecule has 0 saturated heterocycles. The summed E-state index contributed by atoms with van der Waals surface area (Å²) < 4.78 is 5.36. The molecule has 1 saturated carbocycles. The number of rotatable bonds is 5. The Balaban J connectivity index is 1.57. The van der Waals surface area contributed by atoms with E-state index >= 15 is 0 Å². The summed E-state index contributed by atoms with van der Waals surface area (Å²) >= 11 is 1.48. The van der Waals surface area contributed by atoms with Crippen LogP contribution in [-0.4, -0.2) is 27.5 Å². The van der Waals surface area contributed by atoms with Crippen LogP contribution in [0, 0.1) is 6.92 Å². The normalized spacial score (nSPS) is 15.4. The van der Waals surface area contributed by atoms with Crippen molar-refractivity contribution in [2.24, 2.45) is 0 Å². The van der Waals surface area contributed by atoms with Crippen LogP contribution in [0.2, 0.25) is 0 Å². The van der Waals surface area contributed by atoms with Gasteiger partial charge in [-0.05, 0) is 25.3 Å². The number of aromatic nitrogens is 3. The van der Waals surface area contributed by atoms with Crippen LogP contribution >= 0.6 is 11.3 Å².